The van der Waals surface area contributed by atoms with E-state index in [0.29, 0.717) is 0 Å². The standard InChI is InChI=1S/C39H60O7Si/c1-6-7-8-9-10-11-12-13-14-15-16-17-18-25-30-43-37(41)46-35-34(45-36(40)39(35,5)42)31-44-47(38(2,3)4,32-26-21-19-22-27-32)33-28-23-20-24-29-33/h19-24,26-29,34-35,42H,6-18,25,30-31H2,1-5H3/t34-,35-,39+/m1/s1. The molecule has 0 bridgehead atoms. The van der Waals surface area contributed by atoms with E-state index < -0.39 is 38.3 Å². The lowest BCUT2D eigenvalue weighted by atomic mass is 9.98. The number of cyclic esters (lactones) is 1. The first-order valence-electron chi connectivity index (χ1n) is 18.1. The molecule has 1 fully saturated rings. The summed E-state index contributed by atoms with van der Waals surface area (Å²) in [6, 6.07) is 20.2. The minimum Gasteiger partial charge on any atom is -0.454 e. The van der Waals surface area contributed by atoms with E-state index >= 15 is 0 Å². The molecule has 0 spiro atoms. The van der Waals surface area contributed by atoms with Crippen LogP contribution in [0, 0.1) is 0 Å². The largest absolute Gasteiger partial charge is 0.508 e. The van der Waals surface area contributed by atoms with Gasteiger partial charge in [-0.3, -0.25) is 0 Å². The van der Waals surface area contributed by atoms with Crippen molar-refractivity contribution in [2.45, 2.75) is 147 Å². The van der Waals surface area contributed by atoms with Crippen LogP contribution in [-0.4, -0.2) is 56.6 Å². The van der Waals surface area contributed by atoms with Gasteiger partial charge in [-0.1, -0.05) is 172 Å². The van der Waals surface area contributed by atoms with Gasteiger partial charge in [0.1, 0.15) is 0 Å². The quantitative estimate of drug-likeness (QED) is 0.0814. The van der Waals surface area contributed by atoms with Crippen molar-refractivity contribution in [3.05, 3.63) is 60.7 Å². The van der Waals surface area contributed by atoms with Crippen LogP contribution in [0.15, 0.2) is 60.7 Å². The molecule has 0 amide bonds. The van der Waals surface area contributed by atoms with Crippen molar-refractivity contribution in [3.63, 3.8) is 0 Å². The van der Waals surface area contributed by atoms with Crippen LogP contribution in [0.4, 0.5) is 4.79 Å². The first-order chi connectivity index (χ1) is 22.5. The third kappa shape index (κ3) is 11.2. The van der Waals surface area contributed by atoms with Crippen LogP contribution >= 0.6 is 0 Å². The molecule has 2 aromatic carbocycles. The zero-order valence-electron chi connectivity index (χ0n) is 29.6. The topological polar surface area (TPSA) is 91.3 Å². The minimum atomic E-state index is -2.95. The summed E-state index contributed by atoms with van der Waals surface area (Å²) in [6.07, 6.45) is 14.2. The Bertz CT molecular complexity index is 1140. The van der Waals surface area contributed by atoms with Gasteiger partial charge >= 0.3 is 12.1 Å². The second kappa shape index (κ2) is 19.3. The second-order valence-electron chi connectivity index (χ2n) is 14.3. The maximum Gasteiger partial charge on any atom is 0.508 e. The number of hydrogen-bond acceptors (Lipinski definition) is 7. The van der Waals surface area contributed by atoms with E-state index in [1.165, 1.54) is 77.6 Å². The molecule has 1 saturated heterocycles. The third-order valence-electron chi connectivity index (χ3n) is 9.39. The van der Waals surface area contributed by atoms with Gasteiger partial charge in [-0.25, -0.2) is 9.59 Å². The number of rotatable bonds is 21. The van der Waals surface area contributed by atoms with Gasteiger partial charge in [-0.15, -0.1) is 0 Å². The van der Waals surface area contributed by atoms with Gasteiger partial charge in [-0.05, 0) is 28.8 Å². The molecule has 1 N–H and O–H groups in total. The third-order valence-corrected chi connectivity index (χ3v) is 14.4. The van der Waals surface area contributed by atoms with Crippen molar-refractivity contribution in [2.24, 2.45) is 0 Å². The Morgan fingerprint density at radius 1 is 0.787 bits per heavy atom. The Labute approximate surface area is 284 Å². The molecule has 7 nitrogen and oxygen atoms in total. The fraction of sp³-hybridized carbons (Fsp3) is 0.641. The van der Waals surface area contributed by atoms with Crippen LogP contribution in [0.5, 0.6) is 0 Å². The molecule has 47 heavy (non-hydrogen) atoms. The first-order valence-corrected chi connectivity index (χ1v) is 20.0. The zero-order valence-corrected chi connectivity index (χ0v) is 30.6. The Balaban J connectivity index is 1.48. The van der Waals surface area contributed by atoms with Gasteiger partial charge in [0.25, 0.3) is 8.32 Å². The van der Waals surface area contributed by atoms with Crippen LogP contribution in [0.25, 0.3) is 0 Å². The predicted octanol–water partition coefficient (Wildman–Crippen LogP) is 8.24. The van der Waals surface area contributed by atoms with Gasteiger partial charge in [0.2, 0.25) is 0 Å². The molecule has 3 rings (SSSR count). The van der Waals surface area contributed by atoms with Gasteiger partial charge in [0.15, 0.2) is 17.8 Å². The lowest BCUT2D eigenvalue weighted by Gasteiger charge is -2.43. The van der Waals surface area contributed by atoms with Gasteiger partial charge in [0.05, 0.1) is 13.2 Å². The Morgan fingerprint density at radius 2 is 1.23 bits per heavy atom. The van der Waals surface area contributed by atoms with Gasteiger partial charge < -0.3 is 23.7 Å². The molecule has 0 aliphatic carbocycles. The second-order valence-corrected chi connectivity index (χ2v) is 18.6. The summed E-state index contributed by atoms with van der Waals surface area (Å²) in [5, 5.41) is 12.9. The van der Waals surface area contributed by atoms with Crippen LogP contribution < -0.4 is 10.4 Å². The summed E-state index contributed by atoms with van der Waals surface area (Å²) in [4.78, 5) is 25.4. The van der Waals surface area contributed by atoms with Crippen LogP contribution in [0.2, 0.25) is 5.04 Å². The molecule has 0 aromatic heterocycles. The molecule has 262 valence electrons. The molecule has 1 aliphatic rings. The smallest absolute Gasteiger partial charge is 0.454 e. The fourth-order valence-corrected chi connectivity index (χ4v) is 11.2. The highest BCUT2D eigenvalue weighted by molar-refractivity contribution is 6.99. The molecule has 3 atom stereocenters. The molecule has 0 saturated carbocycles. The summed E-state index contributed by atoms with van der Waals surface area (Å²) in [7, 11) is -2.95. The molecule has 0 unspecified atom stereocenters. The molecular weight excluding hydrogens is 609 g/mol. The summed E-state index contributed by atoms with van der Waals surface area (Å²) in [5.41, 5.74) is -2.02. The van der Waals surface area contributed by atoms with E-state index in [1.54, 1.807) is 0 Å². The lowest BCUT2D eigenvalue weighted by molar-refractivity contribution is -0.155. The normalized spacial score (nSPS) is 19.8. The van der Waals surface area contributed by atoms with E-state index in [0.717, 1.165) is 29.6 Å². The van der Waals surface area contributed by atoms with E-state index in [2.05, 4.69) is 52.0 Å². The number of hydrogen-bond donors (Lipinski definition) is 1. The predicted molar refractivity (Wildman–Crippen MR) is 191 cm³/mol. The highest BCUT2D eigenvalue weighted by Gasteiger charge is 2.58. The van der Waals surface area contributed by atoms with Crippen molar-refractivity contribution >= 4 is 30.8 Å². The van der Waals surface area contributed by atoms with E-state index in [-0.39, 0.29) is 18.3 Å². The molecule has 1 aliphatic heterocycles. The maximum atomic E-state index is 12.7. The number of benzene rings is 2. The molecular formula is C39H60O7Si. The summed E-state index contributed by atoms with van der Waals surface area (Å²) >= 11 is 0. The van der Waals surface area contributed by atoms with E-state index in [9.17, 15) is 14.7 Å². The average molecular weight is 669 g/mol. The number of aliphatic hydroxyl groups is 1. The fourth-order valence-electron chi connectivity index (χ4n) is 6.67. The molecule has 0 radical (unpaired) electrons. The van der Waals surface area contributed by atoms with Crippen LogP contribution in [0.1, 0.15) is 125 Å². The molecule has 1 heterocycles. The Hall–Kier alpha value is -2.68. The van der Waals surface area contributed by atoms with Crippen molar-refractivity contribution in [3.8, 4) is 0 Å². The first kappa shape index (κ1) is 38.8. The maximum absolute atomic E-state index is 12.7. The number of carbonyl (C=O) groups excluding carboxylic acids is 2. The SMILES string of the molecule is CCCCCCCCCCCCCCCCOC(=O)O[C@@H]1[C@@H](CO[Si](c2ccccc2)(c2ccccc2)C(C)(C)C)OC(=O)[C@@]1(C)O. The number of unbranched alkanes of at least 4 members (excludes halogenated alkanes) is 13. The van der Waals surface area contributed by atoms with E-state index in [4.69, 9.17) is 18.6 Å². The number of ether oxygens (including phenoxy) is 3. The van der Waals surface area contributed by atoms with Crippen LogP contribution in [0.3, 0.4) is 0 Å². The van der Waals surface area contributed by atoms with Crippen molar-refractivity contribution in [2.75, 3.05) is 13.2 Å². The van der Waals surface area contributed by atoms with Crippen molar-refractivity contribution in [1.82, 2.24) is 0 Å². The summed E-state index contributed by atoms with van der Waals surface area (Å²) < 4.78 is 23.4. The minimum absolute atomic E-state index is 0.0495. The van der Waals surface area contributed by atoms with Gasteiger partial charge in [0, 0.05) is 0 Å². The molecule has 2 aromatic rings. The number of esters is 1. The van der Waals surface area contributed by atoms with E-state index in [1.807, 2.05) is 36.4 Å². The van der Waals surface area contributed by atoms with Crippen LogP contribution in [-0.2, 0) is 23.4 Å². The highest BCUT2D eigenvalue weighted by atomic mass is 28.4. The van der Waals surface area contributed by atoms with Gasteiger partial charge in [-0.2, -0.15) is 0 Å². The van der Waals surface area contributed by atoms with Crippen molar-refractivity contribution < 1.29 is 33.3 Å². The Morgan fingerprint density at radius 3 is 1.68 bits per heavy atom. The molecule has 8 heteroatoms. The zero-order chi connectivity index (χ0) is 34.2. The lowest BCUT2D eigenvalue weighted by Crippen LogP contribution is -2.67. The van der Waals surface area contributed by atoms with Crippen molar-refractivity contribution in [1.29, 1.82) is 0 Å². The average Bonchev–Trinajstić information content (AvgIpc) is 3.26. The summed E-state index contributed by atoms with van der Waals surface area (Å²) in [6.45, 7) is 10.2. The number of carbonyl (C=O) groups is 2. The monoisotopic (exact) mass is 668 g/mol. The Kier molecular flexibility index (Phi) is 16.0. The highest BCUT2D eigenvalue weighted by Crippen LogP contribution is 2.38. The summed E-state index contributed by atoms with van der Waals surface area (Å²) in [5.74, 6) is -0.849.